The van der Waals surface area contributed by atoms with Gasteiger partial charge in [-0.05, 0) is 17.7 Å². The molecule has 2 heteroatoms. The summed E-state index contributed by atoms with van der Waals surface area (Å²) in [4.78, 5) is 0. The van der Waals surface area contributed by atoms with Crippen molar-refractivity contribution in [2.24, 2.45) is 5.73 Å². The lowest BCUT2D eigenvalue weighted by molar-refractivity contribution is 0.631. The number of hydrogen-bond acceptors (Lipinski definition) is 2. The van der Waals surface area contributed by atoms with Gasteiger partial charge in [-0.2, -0.15) is 0 Å². The van der Waals surface area contributed by atoms with E-state index in [9.17, 15) is 0 Å². The van der Waals surface area contributed by atoms with Crippen LogP contribution in [0.4, 0.5) is 0 Å². The first-order chi connectivity index (χ1) is 8.36. The molecule has 0 aliphatic heterocycles. The molecule has 2 nitrogen and oxygen atoms in total. The molecular formula is C15H13NO. The van der Waals surface area contributed by atoms with E-state index in [0.717, 1.165) is 27.9 Å². The van der Waals surface area contributed by atoms with Crippen LogP contribution in [0.25, 0.3) is 22.3 Å². The summed E-state index contributed by atoms with van der Waals surface area (Å²) in [5, 5.41) is 1.13. The summed E-state index contributed by atoms with van der Waals surface area (Å²) in [6.07, 6.45) is 0. The zero-order chi connectivity index (χ0) is 11.7. The maximum absolute atomic E-state index is 5.80. The van der Waals surface area contributed by atoms with E-state index in [2.05, 4.69) is 12.1 Å². The number of fused-ring (bicyclic) bond motifs is 1. The second-order valence-corrected chi connectivity index (χ2v) is 4.05. The molecule has 0 amide bonds. The Labute approximate surface area is 99.7 Å². The highest BCUT2D eigenvalue weighted by Gasteiger charge is 2.05. The van der Waals surface area contributed by atoms with Crippen molar-refractivity contribution in [2.75, 3.05) is 0 Å². The SMILES string of the molecule is NCc1ccc(-c2cc3ccccc3o2)cc1. The fraction of sp³-hybridized carbons (Fsp3) is 0.0667. The van der Waals surface area contributed by atoms with Gasteiger partial charge in [-0.3, -0.25) is 0 Å². The molecule has 0 atom stereocenters. The normalized spacial score (nSPS) is 10.9. The molecule has 3 rings (SSSR count). The second kappa shape index (κ2) is 4.07. The lowest BCUT2D eigenvalue weighted by Gasteiger charge is -1.98. The van der Waals surface area contributed by atoms with E-state index in [1.807, 2.05) is 42.5 Å². The zero-order valence-corrected chi connectivity index (χ0v) is 9.39. The smallest absolute Gasteiger partial charge is 0.135 e. The summed E-state index contributed by atoms with van der Waals surface area (Å²) < 4.78 is 5.80. The molecule has 1 aromatic heterocycles. The van der Waals surface area contributed by atoms with Crippen molar-refractivity contribution in [3.8, 4) is 11.3 Å². The molecule has 3 aromatic rings. The molecule has 0 saturated carbocycles. The Morgan fingerprint density at radius 3 is 2.41 bits per heavy atom. The molecule has 0 bridgehead atoms. The first-order valence-corrected chi connectivity index (χ1v) is 5.65. The van der Waals surface area contributed by atoms with Crippen molar-refractivity contribution >= 4 is 11.0 Å². The highest BCUT2D eigenvalue weighted by molar-refractivity contribution is 5.82. The molecule has 2 N–H and O–H groups in total. The van der Waals surface area contributed by atoms with Gasteiger partial charge < -0.3 is 10.2 Å². The van der Waals surface area contributed by atoms with Crippen LogP contribution in [0.3, 0.4) is 0 Å². The lowest BCUT2D eigenvalue weighted by atomic mass is 10.1. The van der Waals surface area contributed by atoms with Gasteiger partial charge in [0.1, 0.15) is 11.3 Å². The van der Waals surface area contributed by atoms with Gasteiger partial charge in [-0.25, -0.2) is 0 Å². The van der Waals surface area contributed by atoms with Gasteiger partial charge in [0.25, 0.3) is 0 Å². The minimum Gasteiger partial charge on any atom is -0.456 e. The number of furan rings is 1. The number of nitrogens with two attached hydrogens (primary N) is 1. The predicted molar refractivity (Wildman–Crippen MR) is 69.5 cm³/mol. The van der Waals surface area contributed by atoms with E-state index in [1.54, 1.807) is 0 Å². The van der Waals surface area contributed by atoms with Gasteiger partial charge in [-0.1, -0.05) is 42.5 Å². The third-order valence-corrected chi connectivity index (χ3v) is 2.90. The quantitative estimate of drug-likeness (QED) is 0.721. The summed E-state index contributed by atoms with van der Waals surface area (Å²) >= 11 is 0. The summed E-state index contributed by atoms with van der Waals surface area (Å²) in [6, 6.07) is 18.2. The maximum atomic E-state index is 5.80. The van der Waals surface area contributed by atoms with Crippen molar-refractivity contribution in [3.05, 3.63) is 60.2 Å². The van der Waals surface area contributed by atoms with E-state index in [1.165, 1.54) is 0 Å². The Hall–Kier alpha value is -2.06. The molecule has 2 aromatic carbocycles. The van der Waals surface area contributed by atoms with E-state index >= 15 is 0 Å². The lowest BCUT2D eigenvalue weighted by Crippen LogP contribution is -1.94. The molecule has 0 unspecified atom stereocenters. The van der Waals surface area contributed by atoms with Crippen LogP contribution in [-0.2, 0) is 6.54 Å². The van der Waals surface area contributed by atoms with E-state index in [-0.39, 0.29) is 0 Å². The Kier molecular flexibility index (Phi) is 2.42. The highest BCUT2D eigenvalue weighted by atomic mass is 16.3. The molecule has 0 aliphatic carbocycles. The molecule has 0 radical (unpaired) electrons. The van der Waals surface area contributed by atoms with Crippen LogP contribution in [0.5, 0.6) is 0 Å². The van der Waals surface area contributed by atoms with Crippen LogP contribution in [0.1, 0.15) is 5.56 Å². The number of para-hydroxylation sites is 1. The molecule has 17 heavy (non-hydrogen) atoms. The predicted octanol–water partition coefficient (Wildman–Crippen LogP) is 3.56. The number of hydrogen-bond donors (Lipinski definition) is 1. The number of rotatable bonds is 2. The maximum Gasteiger partial charge on any atom is 0.135 e. The van der Waals surface area contributed by atoms with Crippen molar-refractivity contribution in [1.29, 1.82) is 0 Å². The minimum atomic E-state index is 0.570. The Bertz CT molecular complexity index is 604. The summed E-state index contributed by atoms with van der Waals surface area (Å²) in [5.41, 5.74) is 8.71. The largest absolute Gasteiger partial charge is 0.456 e. The first kappa shape index (κ1) is 10.1. The summed E-state index contributed by atoms with van der Waals surface area (Å²) in [5.74, 6) is 0.898. The van der Waals surface area contributed by atoms with E-state index < -0.39 is 0 Å². The summed E-state index contributed by atoms with van der Waals surface area (Å²) in [7, 11) is 0. The molecule has 0 saturated heterocycles. The fourth-order valence-corrected chi connectivity index (χ4v) is 1.93. The molecule has 0 spiro atoms. The van der Waals surface area contributed by atoms with Gasteiger partial charge >= 0.3 is 0 Å². The zero-order valence-electron chi connectivity index (χ0n) is 9.39. The standard InChI is InChI=1S/C15H13NO/c16-10-11-5-7-12(8-6-11)15-9-13-3-1-2-4-14(13)17-15/h1-9H,10,16H2. The first-order valence-electron chi connectivity index (χ1n) is 5.65. The monoisotopic (exact) mass is 223 g/mol. The van der Waals surface area contributed by atoms with E-state index in [4.69, 9.17) is 10.2 Å². The topological polar surface area (TPSA) is 39.2 Å². The molecule has 0 fully saturated rings. The van der Waals surface area contributed by atoms with Gasteiger partial charge in [0.15, 0.2) is 0 Å². The molecule has 84 valence electrons. The van der Waals surface area contributed by atoms with Gasteiger partial charge in [0, 0.05) is 17.5 Å². The molecule has 0 aliphatic rings. The van der Waals surface area contributed by atoms with Crippen molar-refractivity contribution < 1.29 is 4.42 Å². The molecular weight excluding hydrogens is 210 g/mol. The Balaban J connectivity index is 2.07. The number of benzene rings is 2. The van der Waals surface area contributed by atoms with Gasteiger partial charge in [-0.15, -0.1) is 0 Å². The second-order valence-electron chi connectivity index (χ2n) is 4.05. The van der Waals surface area contributed by atoms with Crippen molar-refractivity contribution in [1.82, 2.24) is 0 Å². The van der Waals surface area contributed by atoms with Crippen LogP contribution in [-0.4, -0.2) is 0 Å². The Morgan fingerprint density at radius 2 is 1.71 bits per heavy atom. The van der Waals surface area contributed by atoms with Gasteiger partial charge in [0.05, 0.1) is 0 Å². The van der Waals surface area contributed by atoms with Crippen LogP contribution < -0.4 is 5.73 Å². The third-order valence-electron chi connectivity index (χ3n) is 2.90. The summed E-state index contributed by atoms with van der Waals surface area (Å²) in [6.45, 7) is 0.570. The van der Waals surface area contributed by atoms with Crippen molar-refractivity contribution in [2.45, 2.75) is 6.54 Å². The van der Waals surface area contributed by atoms with Crippen LogP contribution in [0.2, 0.25) is 0 Å². The highest BCUT2D eigenvalue weighted by Crippen LogP contribution is 2.27. The average molecular weight is 223 g/mol. The Morgan fingerprint density at radius 1 is 0.941 bits per heavy atom. The van der Waals surface area contributed by atoms with Crippen LogP contribution in [0.15, 0.2) is 59.0 Å². The van der Waals surface area contributed by atoms with Crippen LogP contribution >= 0.6 is 0 Å². The fourth-order valence-electron chi connectivity index (χ4n) is 1.93. The third kappa shape index (κ3) is 1.83. The van der Waals surface area contributed by atoms with E-state index in [0.29, 0.717) is 6.54 Å². The average Bonchev–Trinajstić information content (AvgIpc) is 2.82. The van der Waals surface area contributed by atoms with Gasteiger partial charge in [0.2, 0.25) is 0 Å². The van der Waals surface area contributed by atoms with Crippen LogP contribution in [0, 0.1) is 0 Å². The van der Waals surface area contributed by atoms with Crippen molar-refractivity contribution in [3.63, 3.8) is 0 Å². The minimum absolute atomic E-state index is 0.570. The molecule has 1 heterocycles.